The van der Waals surface area contributed by atoms with Gasteiger partial charge in [0.1, 0.15) is 46.3 Å². The highest BCUT2D eigenvalue weighted by Gasteiger charge is 2.30. The predicted molar refractivity (Wildman–Crippen MR) is 225 cm³/mol. The van der Waals surface area contributed by atoms with E-state index in [2.05, 4.69) is 29.9 Å². The first kappa shape index (κ1) is 49.7. The number of aromatic nitrogens is 6. The van der Waals surface area contributed by atoms with E-state index in [0.29, 0.717) is 0 Å². The normalized spacial score (nSPS) is 12.3. The van der Waals surface area contributed by atoms with Gasteiger partial charge in [-0.3, -0.25) is 0 Å². The van der Waals surface area contributed by atoms with Crippen LogP contribution >= 0.6 is 0 Å². The van der Waals surface area contributed by atoms with Gasteiger partial charge in [0, 0.05) is 5.56 Å². The molecule has 1 unspecified atom stereocenters. The Morgan fingerprint density at radius 1 is 0.360 bits per heavy atom. The molecule has 0 amide bonds. The Morgan fingerprint density at radius 3 is 0.960 bits per heavy atom. The maximum atomic E-state index is 14.4. The molecule has 0 spiro atoms. The van der Waals surface area contributed by atoms with Crippen LogP contribution in [0.5, 0.6) is 0 Å². The average molecular weight is 1060 g/mol. The Hall–Kier alpha value is -8.85. The van der Waals surface area contributed by atoms with Gasteiger partial charge < -0.3 is 19.3 Å². The smallest absolute Gasteiger partial charge is 0.338 e. The molecular weight excluding hydrogens is 1040 g/mol. The molecule has 7 aromatic carbocycles. The van der Waals surface area contributed by atoms with Crippen LogP contribution in [0.25, 0.3) is 66.2 Å². The number of ether oxygens (including phenoxy) is 3. The van der Waals surface area contributed by atoms with Crippen molar-refractivity contribution >= 4 is 78.1 Å². The zero-order chi connectivity index (χ0) is 53.6. The summed E-state index contributed by atoms with van der Waals surface area (Å²) >= 11 is 0. The van der Waals surface area contributed by atoms with Crippen LogP contribution in [0.2, 0.25) is 0 Å². The number of hydrogen-bond donors (Lipinski definition) is 1. The fourth-order valence-electron chi connectivity index (χ4n) is 7.61. The topological polar surface area (TPSA) is 159 Å². The summed E-state index contributed by atoms with van der Waals surface area (Å²) in [5.41, 5.74) is -6.18. The maximum Gasteiger partial charge on any atom is 0.338 e. The molecule has 10 rings (SSSR count). The van der Waals surface area contributed by atoms with Crippen molar-refractivity contribution in [1.82, 2.24) is 29.9 Å². The monoisotopic (exact) mass is 1060 g/mol. The van der Waals surface area contributed by atoms with Gasteiger partial charge in [-0.1, -0.05) is 6.07 Å². The molecule has 0 aliphatic heterocycles. The Labute approximate surface area is 403 Å². The summed E-state index contributed by atoms with van der Waals surface area (Å²) in [7, 11) is 0. The van der Waals surface area contributed by atoms with Gasteiger partial charge in [-0.2, -0.15) is 0 Å². The summed E-state index contributed by atoms with van der Waals surface area (Å²) in [6, 6.07) is 10.4. The van der Waals surface area contributed by atoms with Crippen molar-refractivity contribution in [3.63, 3.8) is 0 Å². The van der Waals surface area contributed by atoms with Crippen LogP contribution in [0.15, 0.2) is 54.6 Å². The van der Waals surface area contributed by atoms with E-state index in [0.717, 1.165) is 24.3 Å². The molecule has 0 saturated carbocycles. The van der Waals surface area contributed by atoms with E-state index in [1.807, 2.05) is 0 Å². The second kappa shape index (κ2) is 18.6. The molecule has 0 aliphatic carbocycles. The number of aliphatic hydroxyl groups excluding tert-OH is 1. The van der Waals surface area contributed by atoms with E-state index in [1.54, 1.807) is 0 Å². The summed E-state index contributed by atoms with van der Waals surface area (Å²) in [5, 5.41) is 10.8. The lowest BCUT2D eigenvalue weighted by molar-refractivity contribution is -0.113. The maximum absolute atomic E-state index is 14.4. The van der Waals surface area contributed by atoms with Crippen molar-refractivity contribution in [1.29, 1.82) is 0 Å². The highest BCUT2D eigenvalue weighted by atomic mass is 19.2. The zero-order valence-electron chi connectivity index (χ0n) is 36.2. The summed E-state index contributed by atoms with van der Waals surface area (Å²) in [6.45, 7) is -4.12. The molecule has 380 valence electrons. The van der Waals surface area contributed by atoms with E-state index < -0.39 is 148 Å². The molecule has 1 N–H and O–H groups in total. The lowest BCUT2D eigenvalue weighted by Gasteiger charge is -2.15. The van der Waals surface area contributed by atoms with Crippen LogP contribution in [-0.4, -0.2) is 46.9 Å². The molecular formula is C48H17F15N6O6. The molecule has 27 heteroatoms. The number of carbonyl (C=O) groups is 2. The van der Waals surface area contributed by atoms with Crippen molar-refractivity contribution in [2.75, 3.05) is 0 Å². The van der Waals surface area contributed by atoms with Crippen molar-refractivity contribution in [3.8, 4) is 0 Å². The van der Waals surface area contributed by atoms with Gasteiger partial charge in [0.05, 0.1) is 67.5 Å². The van der Waals surface area contributed by atoms with E-state index in [4.69, 9.17) is 14.2 Å². The molecule has 0 aliphatic rings. The fraction of sp³-hybridized carbons (Fsp3) is 0.0833. The van der Waals surface area contributed by atoms with Crippen molar-refractivity contribution in [2.24, 2.45) is 0 Å². The standard InChI is InChI=1S/C48H17F15N6O6/c49-25-16(26(50)32(56)37(61)31(25)55)10-73-46(70)13-1-4-19-22(7-13)67-43-40(64-19)41-44(68-23-8-14(2-5-20(23)65-41)47(71)74-11-17-27(51)33(57)38(62)34(58)28(17)52)45-42(43)66-21-6-3-15(9-24(21)69-45)48(72)75-12-18-29(53)35(59)39(63)36(60)30(18)54/h1-9,46,70H,10-12H2. The fourth-order valence-corrected chi connectivity index (χ4v) is 7.61. The molecule has 12 nitrogen and oxygen atoms in total. The summed E-state index contributed by atoms with van der Waals surface area (Å²) in [5.74, 6) is -37.0. The van der Waals surface area contributed by atoms with Crippen LogP contribution in [0.3, 0.4) is 0 Å². The third-order valence-electron chi connectivity index (χ3n) is 11.4. The first-order chi connectivity index (χ1) is 35.6. The van der Waals surface area contributed by atoms with Crippen molar-refractivity contribution in [3.05, 3.63) is 175 Å². The number of fused-ring (bicyclic) bond motifs is 9. The summed E-state index contributed by atoms with van der Waals surface area (Å²) in [4.78, 5) is 54.1. The van der Waals surface area contributed by atoms with Crippen LogP contribution in [0, 0.1) is 87.3 Å². The molecule has 75 heavy (non-hydrogen) atoms. The number of nitrogens with zero attached hydrogens (tertiary/aromatic N) is 6. The van der Waals surface area contributed by atoms with Gasteiger partial charge in [0.15, 0.2) is 76.1 Å². The minimum Gasteiger partial charge on any atom is -0.457 e. The SMILES string of the molecule is O=C(OCc1c(F)c(F)c(F)c(F)c1F)c1ccc2nc3c4nc5ccc(C(O)OCc6c(F)c(F)c(F)c(F)c6F)cc5nc4c4nc5ccc(C(=O)OCc6c(F)c(F)c(F)c(F)c6F)cc5nc4c3nc2c1. The Kier molecular flexibility index (Phi) is 12.3. The summed E-state index contributed by atoms with van der Waals surface area (Å²) in [6.07, 6.45) is -2.08. The minimum atomic E-state index is -2.45. The van der Waals surface area contributed by atoms with Crippen LogP contribution in [0.1, 0.15) is 49.3 Å². The lowest BCUT2D eigenvalue weighted by Crippen LogP contribution is -2.12. The Balaban J connectivity index is 1.07. The third-order valence-corrected chi connectivity index (χ3v) is 11.4. The van der Waals surface area contributed by atoms with E-state index in [1.165, 1.54) is 30.3 Å². The molecule has 1 atom stereocenters. The largest absolute Gasteiger partial charge is 0.457 e. The molecule has 3 aromatic heterocycles. The number of halogens is 15. The van der Waals surface area contributed by atoms with Gasteiger partial charge >= 0.3 is 11.9 Å². The van der Waals surface area contributed by atoms with E-state index in [-0.39, 0.29) is 77.3 Å². The number of hydrogen-bond acceptors (Lipinski definition) is 12. The zero-order valence-corrected chi connectivity index (χ0v) is 36.2. The number of aliphatic hydroxyl groups is 1. The second-order valence-electron chi connectivity index (χ2n) is 15.9. The predicted octanol–water partition coefficient (Wildman–Crippen LogP) is 11.0. The van der Waals surface area contributed by atoms with Gasteiger partial charge in [0.2, 0.25) is 17.5 Å². The number of rotatable bonds is 10. The molecule has 0 bridgehead atoms. The van der Waals surface area contributed by atoms with Gasteiger partial charge in [-0.05, 0) is 48.5 Å². The number of benzene rings is 7. The molecule has 10 aromatic rings. The minimum absolute atomic E-state index is 0.0124. The molecule has 0 radical (unpaired) electrons. The first-order valence-corrected chi connectivity index (χ1v) is 20.8. The van der Waals surface area contributed by atoms with Crippen LogP contribution in [0.4, 0.5) is 65.9 Å². The third kappa shape index (κ3) is 8.28. The van der Waals surface area contributed by atoms with Crippen LogP contribution < -0.4 is 0 Å². The molecule has 0 fully saturated rings. The quantitative estimate of drug-likeness (QED) is 0.0263. The lowest BCUT2D eigenvalue weighted by atomic mass is 10.1. The number of carbonyl (C=O) groups excluding carboxylic acids is 2. The second-order valence-corrected chi connectivity index (χ2v) is 15.9. The van der Waals surface area contributed by atoms with Gasteiger partial charge in [0.25, 0.3) is 0 Å². The molecule has 0 saturated heterocycles. The Bertz CT molecular complexity index is 4110. The first-order valence-electron chi connectivity index (χ1n) is 20.8. The van der Waals surface area contributed by atoms with Gasteiger partial charge in [-0.15, -0.1) is 0 Å². The number of esters is 2. The van der Waals surface area contributed by atoms with E-state index in [9.17, 15) is 80.6 Å². The average Bonchev–Trinajstić information content (AvgIpc) is 3.42. The van der Waals surface area contributed by atoms with E-state index >= 15 is 0 Å². The Morgan fingerprint density at radius 2 is 0.627 bits per heavy atom. The summed E-state index contributed by atoms with van der Waals surface area (Å²) < 4.78 is 225. The highest BCUT2D eigenvalue weighted by molar-refractivity contribution is 6.21. The van der Waals surface area contributed by atoms with Crippen molar-refractivity contribution in [2.45, 2.75) is 26.1 Å². The van der Waals surface area contributed by atoms with Crippen molar-refractivity contribution < 1.29 is 94.8 Å². The van der Waals surface area contributed by atoms with Gasteiger partial charge in [-0.25, -0.2) is 105 Å². The highest BCUT2D eigenvalue weighted by Crippen LogP contribution is 2.35. The molecule has 3 heterocycles. The van der Waals surface area contributed by atoms with Crippen LogP contribution in [-0.2, 0) is 34.0 Å².